The average Bonchev–Trinajstić information content (AvgIpc) is 2.77. The van der Waals surface area contributed by atoms with Crippen molar-refractivity contribution in [3.05, 3.63) is 74.9 Å². The minimum absolute atomic E-state index is 0.292. The van der Waals surface area contributed by atoms with Gasteiger partial charge in [0.05, 0.1) is 28.8 Å². The van der Waals surface area contributed by atoms with Crippen molar-refractivity contribution < 1.29 is 19.1 Å². The molecule has 1 heterocycles. The molecule has 2 N–H and O–H groups in total. The summed E-state index contributed by atoms with van der Waals surface area (Å²) in [6, 6.07) is 11.6. The third kappa shape index (κ3) is 5.71. The summed E-state index contributed by atoms with van der Waals surface area (Å²) in [5, 5.41) is 6.53. The number of unbranched alkanes of at least 4 members (excludes halogenated alkanes) is 1. The van der Waals surface area contributed by atoms with Crippen LogP contribution in [0.15, 0.2) is 53.7 Å². The summed E-state index contributed by atoms with van der Waals surface area (Å²) in [5.74, 6) is 0.112. The van der Waals surface area contributed by atoms with Gasteiger partial charge in [0.1, 0.15) is 12.4 Å². The van der Waals surface area contributed by atoms with E-state index in [1.807, 2.05) is 31.2 Å². The van der Waals surface area contributed by atoms with Crippen LogP contribution in [0.4, 0.5) is 4.79 Å². The van der Waals surface area contributed by atoms with Gasteiger partial charge in [0, 0.05) is 5.70 Å². The summed E-state index contributed by atoms with van der Waals surface area (Å²) < 4.78 is 10.9. The lowest BCUT2D eigenvalue weighted by molar-refractivity contribution is -0.136. The highest BCUT2D eigenvalue weighted by Crippen LogP contribution is 2.31. The lowest BCUT2D eigenvalue weighted by Gasteiger charge is -2.29. The minimum Gasteiger partial charge on any atom is -0.489 e. The molecule has 0 spiro atoms. The molecule has 0 aromatic heterocycles. The monoisotopic (exact) mass is 462 g/mol. The van der Waals surface area contributed by atoms with E-state index < -0.39 is 12.0 Å². The Hall–Kier alpha value is -2.70. The van der Waals surface area contributed by atoms with Crippen molar-refractivity contribution in [2.75, 3.05) is 7.11 Å². The van der Waals surface area contributed by atoms with Crippen molar-refractivity contribution >= 4 is 35.2 Å². The normalized spacial score (nSPS) is 15.9. The van der Waals surface area contributed by atoms with Gasteiger partial charge in [-0.15, -0.1) is 0 Å². The predicted molar refractivity (Wildman–Crippen MR) is 120 cm³/mol. The molecule has 0 saturated carbocycles. The zero-order valence-electron chi connectivity index (χ0n) is 17.3. The molecular weight excluding hydrogens is 439 g/mol. The highest BCUT2D eigenvalue weighted by Gasteiger charge is 2.33. The number of hydrogen-bond acceptors (Lipinski definition) is 4. The second kappa shape index (κ2) is 10.6. The molecule has 0 bridgehead atoms. The molecule has 3 rings (SSSR count). The molecule has 2 aromatic rings. The Morgan fingerprint density at radius 3 is 2.65 bits per heavy atom. The van der Waals surface area contributed by atoms with E-state index >= 15 is 0 Å². The number of urea groups is 1. The molecule has 1 atom stereocenters. The van der Waals surface area contributed by atoms with Crippen LogP contribution in [0.3, 0.4) is 0 Å². The number of benzene rings is 2. The maximum absolute atomic E-state index is 12.6. The zero-order chi connectivity index (χ0) is 22.4. The van der Waals surface area contributed by atoms with Crippen molar-refractivity contribution in [3.8, 4) is 5.75 Å². The van der Waals surface area contributed by atoms with E-state index in [1.165, 1.54) is 7.11 Å². The lowest BCUT2D eigenvalue weighted by Crippen LogP contribution is -2.45. The molecule has 0 radical (unpaired) electrons. The third-order valence-electron chi connectivity index (χ3n) is 4.92. The summed E-state index contributed by atoms with van der Waals surface area (Å²) in [4.78, 5) is 24.8. The molecule has 0 aliphatic carbocycles. The van der Waals surface area contributed by atoms with Crippen molar-refractivity contribution in [1.29, 1.82) is 0 Å². The van der Waals surface area contributed by atoms with E-state index in [-0.39, 0.29) is 6.03 Å². The average molecular weight is 463 g/mol. The highest BCUT2D eigenvalue weighted by atomic mass is 35.5. The van der Waals surface area contributed by atoms with Crippen molar-refractivity contribution in [2.45, 2.75) is 38.8 Å². The topological polar surface area (TPSA) is 76.7 Å². The van der Waals surface area contributed by atoms with Gasteiger partial charge in [-0.25, -0.2) is 9.59 Å². The zero-order valence-corrected chi connectivity index (χ0v) is 18.8. The third-order valence-corrected chi connectivity index (χ3v) is 5.66. The molecule has 31 heavy (non-hydrogen) atoms. The van der Waals surface area contributed by atoms with Crippen LogP contribution < -0.4 is 15.4 Å². The van der Waals surface area contributed by atoms with Crippen LogP contribution >= 0.6 is 23.2 Å². The summed E-state index contributed by atoms with van der Waals surface area (Å²) in [5.41, 5.74) is 2.57. The van der Waals surface area contributed by atoms with Crippen molar-refractivity contribution in [1.82, 2.24) is 10.6 Å². The molecule has 1 aliphatic heterocycles. The quantitative estimate of drug-likeness (QED) is 0.504. The van der Waals surface area contributed by atoms with Gasteiger partial charge in [-0.1, -0.05) is 54.7 Å². The Morgan fingerprint density at radius 1 is 1.13 bits per heavy atom. The van der Waals surface area contributed by atoms with Crippen molar-refractivity contribution in [3.63, 3.8) is 0 Å². The van der Waals surface area contributed by atoms with Crippen LogP contribution in [0.5, 0.6) is 5.75 Å². The summed E-state index contributed by atoms with van der Waals surface area (Å²) in [7, 11) is 1.33. The van der Waals surface area contributed by atoms with Gasteiger partial charge in [0.2, 0.25) is 0 Å². The first kappa shape index (κ1) is 23.0. The molecule has 1 aliphatic rings. The molecule has 2 amide bonds. The van der Waals surface area contributed by atoms with Gasteiger partial charge < -0.3 is 20.1 Å². The van der Waals surface area contributed by atoms with E-state index in [0.29, 0.717) is 40.1 Å². The Labute approximate surface area is 191 Å². The van der Waals surface area contributed by atoms with Crippen LogP contribution in [0.25, 0.3) is 0 Å². The van der Waals surface area contributed by atoms with E-state index in [1.54, 1.807) is 18.2 Å². The number of halogens is 2. The fourth-order valence-corrected chi connectivity index (χ4v) is 3.67. The first-order valence-corrected chi connectivity index (χ1v) is 10.7. The Morgan fingerprint density at radius 2 is 1.94 bits per heavy atom. The molecular formula is C23H24Cl2N2O4. The van der Waals surface area contributed by atoms with Crippen LogP contribution in [0.2, 0.25) is 10.0 Å². The van der Waals surface area contributed by atoms with Crippen LogP contribution in [0, 0.1) is 0 Å². The van der Waals surface area contributed by atoms with E-state index in [2.05, 4.69) is 10.6 Å². The first-order valence-electron chi connectivity index (χ1n) is 9.98. The number of hydrogen-bond donors (Lipinski definition) is 2. The number of ether oxygens (including phenoxy) is 2. The van der Waals surface area contributed by atoms with Crippen LogP contribution in [-0.4, -0.2) is 19.1 Å². The molecule has 2 aromatic carbocycles. The van der Waals surface area contributed by atoms with Crippen molar-refractivity contribution in [2.24, 2.45) is 0 Å². The molecule has 6 nitrogen and oxygen atoms in total. The minimum atomic E-state index is -0.637. The van der Waals surface area contributed by atoms with E-state index in [4.69, 9.17) is 32.7 Å². The van der Waals surface area contributed by atoms with E-state index in [9.17, 15) is 9.59 Å². The van der Waals surface area contributed by atoms with E-state index in [0.717, 1.165) is 24.0 Å². The molecule has 164 valence electrons. The number of allylic oxidation sites excluding steroid dienone is 1. The summed E-state index contributed by atoms with van der Waals surface area (Å²) >= 11 is 12.0. The van der Waals surface area contributed by atoms with Crippen LogP contribution in [0.1, 0.15) is 43.4 Å². The number of methoxy groups -OCH3 is 1. The Bertz CT molecular complexity index is 1010. The highest BCUT2D eigenvalue weighted by molar-refractivity contribution is 6.42. The maximum atomic E-state index is 12.6. The van der Waals surface area contributed by atoms with Gasteiger partial charge in [0.15, 0.2) is 0 Å². The molecule has 0 saturated heterocycles. The Balaban J connectivity index is 1.86. The number of esters is 1. The largest absolute Gasteiger partial charge is 0.489 e. The smallest absolute Gasteiger partial charge is 0.337 e. The molecule has 8 heteroatoms. The standard InChI is InChI=1S/C23H24Cl2N2O4/c1-3-4-8-19-20(22(28)30-2)21(27-23(29)26-19)15-6-5-7-16(12-15)31-13-14-9-10-17(24)18(25)11-14/h5-7,9-12,21H,3-4,8,13H2,1-2H3,(H2,26,27,29). The van der Waals surface area contributed by atoms with Gasteiger partial charge >= 0.3 is 12.0 Å². The van der Waals surface area contributed by atoms with Gasteiger partial charge in [0.25, 0.3) is 0 Å². The molecule has 0 fully saturated rings. The van der Waals surface area contributed by atoms with Gasteiger partial charge in [-0.2, -0.15) is 0 Å². The van der Waals surface area contributed by atoms with Gasteiger partial charge in [-0.3, -0.25) is 0 Å². The van der Waals surface area contributed by atoms with Crippen LogP contribution in [-0.2, 0) is 16.1 Å². The Kier molecular flexibility index (Phi) is 7.82. The number of nitrogens with one attached hydrogen (secondary N) is 2. The summed E-state index contributed by atoms with van der Waals surface area (Å²) in [6.07, 6.45) is 2.36. The maximum Gasteiger partial charge on any atom is 0.337 e. The fraction of sp³-hybridized carbons (Fsp3) is 0.304. The number of carbonyl (C=O) groups excluding carboxylic acids is 2. The number of amides is 2. The SMILES string of the molecule is CCCCC1=C(C(=O)OC)C(c2cccc(OCc3ccc(Cl)c(Cl)c3)c2)NC(=O)N1. The lowest BCUT2D eigenvalue weighted by atomic mass is 9.93. The fourth-order valence-electron chi connectivity index (χ4n) is 3.35. The second-order valence-electron chi connectivity index (χ2n) is 7.13. The number of rotatable bonds is 8. The van der Waals surface area contributed by atoms with Gasteiger partial charge in [-0.05, 0) is 48.2 Å². The summed E-state index contributed by atoms with van der Waals surface area (Å²) in [6.45, 7) is 2.34. The number of carbonyl (C=O) groups is 2. The molecule has 1 unspecified atom stereocenters. The predicted octanol–water partition coefficient (Wildman–Crippen LogP) is 5.54. The first-order chi connectivity index (χ1) is 14.9. The second-order valence-corrected chi connectivity index (χ2v) is 7.94.